The van der Waals surface area contributed by atoms with Crippen LogP contribution >= 0.6 is 0 Å². The van der Waals surface area contributed by atoms with Crippen LogP contribution in [0.5, 0.6) is 11.6 Å². The average molecular weight is 257 g/mol. The molecule has 0 aliphatic carbocycles. The third-order valence-corrected chi connectivity index (χ3v) is 3.00. The van der Waals surface area contributed by atoms with Gasteiger partial charge in [0.2, 0.25) is 5.88 Å². The Morgan fingerprint density at radius 1 is 1.00 bits per heavy atom. The van der Waals surface area contributed by atoms with Crippen molar-refractivity contribution >= 4 is 0 Å². The molecule has 0 amide bonds. The van der Waals surface area contributed by atoms with E-state index in [0.717, 1.165) is 11.3 Å². The van der Waals surface area contributed by atoms with E-state index in [1.165, 1.54) is 0 Å². The fourth-order valence-corrected chi connectivity index (χ4v) is 1.96. The Balaban J connectivity index is 2.37. The molecular formula is C16H19NO2. The van der Waals surface area contributed by atoms with Gasteiger partial charge in [0.25, 0.3) is 0 Å². The number of pyridine rings is 1. The van der Waals surface area contributed by atoms with E-state index in [9.17, 15) is 5.11 Å². The maximum Gasteiger partial charge on any atom is 0.225 e. The van der Waals surface area contributed by atoms with E-state index in [-0.39, 0.29) is 0 Å². The first-order chi connectivity index (χ1) is 9.09. The van der Waals surface area contributed by atoms with Crippen LogP contribution in [0.3, 0.4) is 0 Å². The summed E-state index contributed by atoms with van der Waals surface area (Å²) in [5, 5.41) is 9.74. The summed E-state index contributed by atoms with van der Waals surface area (Å²) in [6, 6.07) is 11.5. The molecule has 1 heterocycles. The molecular weight excluding hydrogens is 238 g/mol. The molecule has 0 aliphatic heterocycles. The molecule has 0 saturated heterocycles. The van der Waals surface area contributed by atoms with Crippen molar-refractivity contribution in [2.45, 2.75) is 32.8 Å². The monoisotopic (exact) mass is 257 g/mol. The van der Waals surface area contributed by atoms with Gasteiger partial charge in [-0.05, 0) is 36.6 Å². The Morgan fingerprint density at radius 3 is 2.37 bits per heavy atom. The van der Waals surface area contributed by atoms with E-state index in [0.29, 0.717) is 17.4 Å². The molecule has 3 nitrogen and oxygen atoms in total. The molecule has 2 aromatic rings. The highest BCUT2D eigenvalue weighted by Crippen LogP contribution is 2.32. The fourth-order valence-electron chi connectivity index (χ4n) is 1.96. The van der Waals surface area contributed by atoms with Crippen molar-refractivity contribution in [1.82, 2.24) is 4.98 Å². The molecule has 0 aliphatic rings. The Kier molecular flexibility index (Phi) is 4.17. The predicted octanol–water partition coefficient (Wildman–Crippen LogP) is 4.05. The highest BCUT2D eigenvalue weighted by molar-refractivity contribution is 5.40. The Hall–Kier alpha value is -1.87. The van der Waals surface area contributed by atoms with Crippen LogP contribution in [0.25, 0.3) is 0 Å². The standard InChI is InChI=1S/C16H19NO2/c1-11(2)13-7-4-5-9-15(13)19-16-14(12(3)18)8-6-10-17-16/h4-12,18H,1-3H3/t12-/m1/s1. The largest absolute Gasteiger partial charge is 0.438 e. The summed E-state index contributed by atoms with van der Waals surface area (Å²) in [4.78, 5) is 4.21. The second-order valence-corrected chi connectivity index (χ2v) is 4.87. The summed E-state index contributed by atoms with van der Waals surface area (Å²) in [7, 11) is 0. The third-order valence-electron chi connectivity index (χ3n) is 3.00. The van der Waals surface area contributed by atoms with Crippen LogP contribution in [-0.4, -0.2) is 10.1 Å². The number of ether oxygens (including phenoxy) is 1. The van der Waals surface area contributed by atoms with Crippen molar-refractivity contribution in [3.63, 3.8) is 0 Å². The molecule has 19 heavy (non-hydrogen) atoms. The van der Waals surface area contributed by atoms with Crippen LogP contribution < -0.4 is 4.74 Å². The number of hydrogen-bond donors (Lipinski definition) is 1. The maximum absolute atomic E-state index is 9.74. The summed E-state index contributed by atoms with van der Waals surface area (Å²) < 4.78 is 5.89. The molecule has 0 bridgehead atoms. The smallest absolute Gasteiger partial charge is 0.225 e. The molecule has 100 valence electrons. The lowest BCUT2D eigenvalue weighted by molar-refractivity contribution is 0.194. The van der Waals surface area contributed by atoms with Crippen molar-refractivity contribution in [2.24, 2.45) is 0 Å². The summed E-state index contributed by atoms with van der Waals surface area (Å²) in [6.45, 7) is 5.95. The lowest BCUT2D eigenvalue weighted by Gasteiger charge is -2.15. The summed E-state index contributed by atoms with van der Waals surface area (Å²) in [5.74, 6) is 1.62. The minimum atomic E-state index is -0.602. The van der Waals surface area contributed by atoms with Crippen molar-refractivity contribution < 1.29 is 9.84 Å². The minimum Gasteiger partial charge on any atom is -0.438 e. The number of aromatic nitrogens is 1. The van der Waals surface area contributed by atoms with E-state index in [1.807, 2.05) is 30.3 Å². The lowest BCUT2D eigenvalue weighted by atomic mass is 10.0. The number of nitrogens with zero attached hydrogens (tertiary/aromatic N) is 1. The SMILES string of the molecule is CC(C)c1ccccc1Oc1ncccc1[C@@H](C)O. The van der Waals surface area contributed by atoms with E-state index >= 15 is 0 Å². The Labute approximate surface area is 113 Å². The first kappa shape index (κ1) is 13.6. The van der Waals surface area contributed by atoms with Gasteiger partial charge in [-0.25, -0.2) is 4.98 Å². The maximum atomic E-state index is 9.74. The van der Waals surface area contributed by atoms with Crippen LogP contribution in [0, 0.1) is 0 Å². The molecule has 1 aromatic heterocycles. The van der Waals surface area contributed by atoms with Crippen LogP contribution in [-0.2, 0) is 0 Å². The van der Waals surface area contributed by atoms with Gasteiger partial charge in [0.1, 0.15) is 5.75 Å². The predicted molar refractivity (Wildman–Crippen MR) is 75.5 cm³/mol. The first-order valence-electron chi connectivity index (χ1n) is 6.49. The molecule has 1 atom stereocenters. The second kappa shape index (κ2) is 5.85. The molecule has 0 saturated carbocycles. The zero-order valence-electron chi connectivity index (χ0n) is 11.5. The first-order valence-corrected chi connectivity index (χ1v) is 6.49. The molecule has 2 rings (SSSR count). The molecule has 1 aromatic carbocycles. The van der Waals surface area contributed by atoms with Gasteiger partial charge >= 0.3 is 0 Å². The number of para-hydroxylation sites is 1. The number of aliphatic hydroxyl groups is 1. The summed E-state index contributed by atoms with van der Waals surface area (Å²) in [5.41, 5.74) is 1.82. The van der Waals surface area contributed by atoms with Crippen molar-refractivity contribution in [2.75, 3.05) is 0 Å². The number of aliphatic hydroxyl groups excluding tert-OH is 1. The van der Waals surface area contributed by atoms with Crippen LogP contribution in [0.1, 0.15) is 43.9 Å². The van der Waals surface area contributed by atoms with Crippen molar-refractivity contribution in [3.05, 3.63) is 53.7 Å². The van der Waals surface area contributed by atoms with Crippen molar-refractivity contribution in [3.8, 4) is 11.6 Å². The normalized spacial score (nSPS) is 12.5. The van der Waals surface area contributed by atoms with Gasteiger partial charge in [-0.15, -0.1) is 0 Å². The number of rotatable bonds is 4. The van der Waals surface area contributed by atoms with Crippen LogP contribution in [0.2, 0.25) is 0 Å². The molecule has 1 N–H and O–H groups in total. The Morgan fingerprint density at radius 2 is 1.68 bits per heavy atom. The van der Waals surface area contributed by atoms with Gasteiger partial charge in [0.05, 0.1) is 6.10 Å². The zero-order chi connectivity index (χ0) is 13.8. The zero-order valence-corrected chi connectivity index (χ0v) is 11.5. The minimum absolute atomic E-state index is 0.370. The summed E-state index contributed by atoms with van der Waals surface area (Å²) in [6.07, 6.45) is 1.06. The van der Waals surface area contributed by atoms with E-state index < -0.39 is 6.10 Å². The summed E-state index contributed by atoms with van der Waals surface area (Å²) >= 11 is 0. The van der Waals surface area contributed by atoms with Crippen LogP contribution in [0.15, 0.2) is 42.6 Å². The van der Waals surface area contributed by atoms with Crippen LogP contribution in [0.4, 0.5) is 0 Å². The molecule has 0 spiro atoms. The topological polar surface area (TPSA) is 42.4 Å². The fraction of sp³-hybridized carbons (Fsp3) is 0.312. The molecule has 0 fully saturated rings. The Bertz CT molecular complexity index is 500. The number of benzene rings is 1. The van der Waals surface area contributed by atoms with Gasteiger partial charge in [0.15, 0.2) is 0 Å². The lowest BCUT2D eigenvalue weighted by Crippen LogP contribution is -2.00. The highest BCUT2D eigenvalue weighted by Gasteiger charge is 2.13. The van der Waals surface area contributed by atoms with E-state index in [1.54, 1.807) is 19.2 Å². The van der Waals surface area contributed by atoms with Gasteiger partial charge in [-0.3, -0.25) is 0 Å². The second-order valence-electron chi connectivity index (χ2n) is 4.87. The molecule has 0 unspecified atom stereocenters. The third kappa shape index (κ3) is 3.12. The van der Waals surface area contributed by atoms with Gasteiger partial charge in [-0.1, -0.05) is 32.0 Å². The van der Waals surface area contributed by atoms with Gasteiger partial charge in [-0.2, -0.15) is 0 Å². The molecule has 0 radical (unpaired) electrons. The van der Waals surface area contributed by atoms with Gasteiger partial charge in [0, 0.05) is 11.8 Å². The molecule has 3 heteroatoms. The van der Waals surface area contributed by atoms with E-state index in [4.69, 9.17) is 4.74 Å². The van der Waals surface area contributed by atoms with E-state index in [2.05, 4.69) is 18.8 Å². The quantitative estimate of drug-likeness (QED) is 0.898. The van der Waals surface area contributed by atoms with Gasteiger partial charge < -0.3 is 9.84 Å². The average Bonchev–Trinajstić information content (AvgIpc) is 2.39. The van der Waals surface area contributed by atoms with Crippen molar-refractivity contribution in [1.29, 1.82) is 0 Å². The number of hydrogen-bond acceptors (Lipinski definition) is 3. The highest BCUT2D eigenvalue weighted by atomic mass is 16.5.